The van der Waals surface area contributed by atoms with Gasteiger partial charge in [-0.2, -0.15) is 0 Å². The predicted molar refractivity (Wildman–Crippen MR) is 86.2 cm³/mol. The van der Waals surface area contributed by atoms with E-state index in [-0.39, 0.29) is 17.4 Å². The van der Waals surface area contributed by atoms with Gasteiger partial charge in [0.15, 0.2) is 0 Å². The summed E-state index contributed by atoms with van der Waals surface area (Å²) in [4.78, 5) is 0. The van der Waals surface area contributed by atoms with Crippen LogP contribution in [0.15, 0.2) is 34.9 Å². The van der Waals surface area contributed by atoms with Crippen molar-refractivity contribution in [2.75, 3.05) is 0 Å². The van der Waals surface area contributed by atoms with E-state index >= 15 is 0 Å². The molecule has 6 radical (unpaired) electrons. The molecule has 0 spiro atoms. The van der Waals surface area contributed by atoms with Crippen LogP contribution in [0.5, 0.6) is 0 Å². The standard InChI is InChI=1S/C18H18.3CO.Cr/c1-12-4-2-3-5-14(12)8-13-9-17-15-6-7-16(11-15)18(17)10-13;3*1-2;/h2-5,8-10,15-16H,6-7,11H2,1H3;;;;. The number of fused-ring (bicyclic) bond motifs is 5. The first-order chi connectivity index (χ1) is 11.8. The molecule has 4 aliphatic rings. The molecule has 0 aromatic heterocycles. The molecule has 4 rings (SSSR count). The molecule has 2 bridgehead atoms. The third-order valence-electron chi connectivity index (χ3n) is 4.80. The molecule has 0 N–H and O–H groups in total. The van der Waals surface area contributed by atoms with Crippen LogP contribution in [0, 0.1) is 69.3 Å². The van der Waals surface area contributed by atoms with E-state index < -0.39 is 0 Å². The first-order valence-electron chi connectivity index (χ1n) is 7.63. The molecule has 126 valence electrons. The van der Waals surface area contributed by atoms with Gasteiger partial charge in [-0.15, -0.1) is 0 Å². The average Bonchev–Trinajstić information content (AvgIpc) is 3.35. The fourth-order valence-electron chi connectivity index (χ4n) is 3.83. The van der Waals surface area contributed by atoms with Crippen LogP contribution in [-0.2, 0) is 31.3 Å². The van der Waals surface area contributed by atoms with E-state index in [9.17, 15) is 0 Å². The van der Waals surface area contributed by atoms with Gasteiger partial charge in [-0.25, -0.2) is 0 Å². The minimum atomic E-state index is 0. The Kier molecular flexibility index (Phi) is 11.8. The minimum Gasteiger partial charge on any atom is 0 e. The molecular formula is C21H18CrO3. The predicted octanol–water partition coefficient (Wildman–Crippen LogP) is 4.09. The van der Waals surface area contributed by atoms with E-state index in [1.54, 1.807) is 11.1 Å². The molecule has 3 nitrogen and oxygen atoms in total. The van der Waals surface area contributed by atoms with Crippen molar-refractivity contribution >= 4 is 0 Å². The molecule has 0 aromatic carbocycles. The summed E-state index contributed by atoms with van der Waals surface area (Å²) >= 11 is 0. The number of hydrogen-bond acceptors (Lipinski definition) is 0. The van der Waals surface area contributed by atoms with Crippen molar-refractivity contribution in [3.05, 3.63) is 92.4 Å². The van der Waals surface area contributed by atoms with E-state index in [1.807, 2.05) is 0 Å². The third kappa shape index (κ3) is 5.47. The van der Waals surface area contributed by atoms with E-state index in [0.29, 0.717) is 0 Å². The molecule has 2 atom stereocenters. The number of allylic oxidation sites excluding steroid dienone is 6. The number of rotatable bonds is 1. The van der Waals surface area contributed by atoms with Crippen LogP contribution >= 0.6 is 0 Å². The second-order valence-corrected chi connectivity index (χ2v) is 5.91. The normalized spacial score (nSPS) is 26.0. The Labute approximate surface area is 161 Å². The second kappa shape index (κ2) is 12.3. The summed E-state index contributed by atoms with van der Waals surface area (Å²) in [6.07, 6.45) is 20.1. The Morgan fingerprint density at radius 2 is 1.36 bits per heavy atom. The maximum atomic E-state index is 7.50. The van der Waals surface area contributed by atoms with Crippen molar-refractivity contribution < 1.29 is 31.3 Å². The molecule has 2 unspecified atom stereocenters. The van der Waals surface area contributed by atoms with Crippen molar-refractivity contribution in [3.8, 4) is 0 Å². The van der Waals surface area contributed by atoms with E-state index in [0.717, 1.165) is 11.8 Å². The Morgan fingerprint density at radius 3 is 1.84 bits per heavy atom. The first-order valence-corrected chi connectivity index (χ1v) is 7.63. The van der Waals surface area contributed by atoms with Crippen LogP contribution in [0.1, 0.15) is 26.2 Å². The van der Waals surface area contributed by atoms with Crippen LogP contribution in [0.2, 0.25) is 0 Å². The SMILES string of the molecule is C[C]1[CH][CH][CH][CH][C]1C=C1C=C2C(=C1)C1CCC2C1.[C-]#[O+].[C-]#[O+].[C-]#[O+].[Cr]. The molecule has 25 heavy (non-hydrogen) atoms. The largest absolute Gasteiger partial charge is 0 e. The maximum absolute atomic E-state index is 7.50. The van der Waals surface area contributed by atoms with Crippen LogP contribution in [-0.4, -0.2) is 0 Å². The van der Waals surface area contributed by atoms with Crippen LogP contribution in [0.4, 0.5) is 0 Å². The molecule has 0 saturated heterocycles. The smallest absolute Gasteiger partial charge is 0 e. The Morgan fingerprint density at radius 1 is 0.880 bits per heavy atom. The summed E-state index contributed by atoms with van der Waals surface area (Å²) < 4.78 is 22.5. The van der Waals surface area contributed by atoms with Gasteiger partial charge in [0.1, 0.15) is 0 Å². The maximum Gasteiger partial charge on any atom is 0 e. The zero-order valence-electron chi connectivity index (χ0n) is 14.0. The van der Waals surface area contributed by atoms with Crippen molar-refractivity contribution in [3.63, 3.8) is 0 Å². The number of hydrogen-bond donors (Lipinski definition) is 0. The van der Waals surface area contributed by atoms with Crippen LogP contribution < -0.4 is 0 Å². The van der Waals surface area contributed by atoms with Gasteiger partial charge in [0, 0.05) is 23.3 Å². The Balaban J connectivity index is 0.000000751. The quantitative estimate of drug-likeness (QED) is 0.493. The van der Waals surface area contributed by atoms with Crippen molar-refractivity contribution in [2.45, 2.75) is 26.2 Å². The summed E-state index contributed by atoms with van der Waals surface area (Å²) in [7, 11) is 0. The third-order valence-corrected chi connectivity index (χ3v) is 4.80. The fraction of sp³-hybridized carbons (Fsp3) is 0.286. The molecule has 0 amide bonds. The Hall–Kier alpha value is -1.03. The van der Waals surface area contributed by atoms with Gasteiger partial charge in [-0.05, 0) is 79.4 Å². The molecule has 0 heterocycles. The van der Waals surface area contributed by atoms with Gasteiger partial charge >= 0.3 is 33.9 Å². The summed E-state index contributed by atoms with van der Waals surface area (Å²) in [6.45, 7) is 15.7. The molecule has 0 aliphatic heterocycles. The molecule has 4 heteroatoms. The summed E-state index contributed by atoms with van der Waals surface area (Å²) in [5.74, 6) is 4.48. The molecule has 3 saturated carbocycles. The topological polar surface area (TPSA) is 59.7 Å². The van der Waals surface area contributed by atoms with E-state index in [2.05, 4.69) is 70.8 Å². The van der Waals surface area contributed by atoms with Crippen molar-refractivity contribution in [1.29, 1.82) is 0 Å². The van der Waals surface area contributed by atoms with Gasteiger partial charge in [0.25, 0.3) is 0 Å². The van der Waals surface area contributed by atoms with E-state index in [1.165, 1.54) is 36.7 Å². The summed E-state index contributed by atoms with van der Waals surface area (Å²) in [5.41, 5.74) is 4.73. The Bertz CT molecular complexity index is 537. The van der Waals surface area contributed by atoms with Gasteiger partial charge in [-0.3, -0.25) is 0 Å². The zero-order chi connectivity index (χ0) is 18.1. The second-order valence-electron chi connectivity index (χ2n) is 5.91. The molecule has 3 fully saturated rings. The van der Waals surface area contributed by atoms with Crippen molar-refractivity contribution in [2.24, 2.45) is 11.8 Å². The summed E-state index contributed by atoms with van der Waals surface area (Å²) in [6, 6.07) is 0. The van der Waals surface area contributed by atoms with Crippen LogP contribution in [0.3, 0.4) is 0 Å². The minimum absolute atomic E-state index is 0. The molecule has 4 aliphatic carbocycles. The van der Waals surface area contributed by atoms with Gasteiger partial charge in [0.05, 0.1) is 0 Å². The van der Waals surface area contributed by atoms with E-state index in [4.69, 9.17) is 14.0 Å². The average molecular weight is 370 g/mol. The monoisotopic (exact) mass is 370 g/mol. The zero-order valence-corrected chi connectivity index (χ0v) is 15.2. The van der Waals surface area contributed by atoms with Crippen molar-refractivity contribution in [1.82, 2.24) is 0 Å². The molecular weight excluding hydrogens is 352 g/mol. The summed E-state index contributed by atoms with van der Waals surface area (Å²) in [5, 5.41) is 0. The van der Waals surface area contributed by atoms with Gasteiger partial charge in [0.2, 0.25) is 0 Å². The first kappa shape index (κ1) is 24.0. The van der Waals surface area contributed by atoms with Gasteiger partial charge in [-0.1, -0.05) is 25.2 Å². The van der Waals surface area contributed by atoms with Crippen LogP contribution in [0.25, 0.3) is 0 Å². The molecule has 0 aromatic rings. The fourth-order valence-corrected chi connectivity index (χ4v) is 3.83. The van der Waals surface area contributed by atoms with Gasteiger partial charge < -0.3 is 0 Å².